The molecule has 0 heterocycles. The normalized spacial score (nSPS) is 12.8. The number of carboxylic acids is 1. The van der Waals surface area contributed by atoms with Gasteiger partial charge in [-0.05, 0) is 6.92 Å². The van der Waals surface area contributed by atoms with Crippen molar-refractivity contribution in [3.05, 3.63) is 12.7 Å². The Morgan fingerprint density at radius 1 is 1.69 bits per heavy atom. The van der Waals surface area contributed by atoms with Crippen LogP contribution in [0.15, 0.2) is 12.7 Å². The molecule has 0 spiro atoms. The van der Waals surface area contributed by atoms with Crippen LogP contribution in [-0.2, 0) is 4.79 Å². The van der Waals surface area contributed by atoms with Gasteiger partial charge in [0.05, 0.1) is 12.5 Å². The van der Waals surface area contributed by atoms with Crippen molar-refractivity contribution in [2.75, 3.05) is 19.6 Å². The smallest absolute Gasteiger partial charge is 0.304 e. The lowest BCUT2D eigenvalue weighted by Crippen LogP contribution is -2.33. The summed E-state index contributed by atoms with van der Waals surface area (Å²) in [5.41, 5.74) is 0. The fourth-order valence-corrected chi connectivity index (χ4v) is 1.07. The van der Waals surface area contributed by atoms with Gasteiger partial charge in [0.15, 0.2) is 0 Å². The fraction of sp³-hybridized carbons (Fsp3) is 0.667. The lowest BCUT2D eigenvalue weighted by atomic mass is 10.3. The molecule has 0 aromatic heterocycles. The van der Waals surface area contributed by atoms with Crippen LogP contribution in [0.3, 0.4) is 0 Å². The van der Waals surface area contributed by atoms with Crippen LogP contribution in [0.25, 0.3) is 0 Å². The molecule has 2 N–H and O–H groups in total. The maximum Gasteiger partial charge on any atom is 0.304 e. The Kier molecular flexibility index (Phi) is 6.18. The Bertz CT molecular complexity index is 168. The van der Waals surface area contributed by atoms with Gasteiger partial charge >= 0.3 is 5.97 Å². The average Bonchev–Trinajstić information content (AvgIpc) is 1.99. The molecule has 0 aliphatic heterocycles. The molecule has 0 amide bonds. The molecule has 0 bridgehead atoms. The van der Waals surface area contributed by atoms with E-state index in [0.717, 1.165) is 0 Å². The Balaban J connectivity index is 3.79. The number of hydrogen-bond acceptors (Lipinski definition) is 3. The van der Waals surface area contributed by atoms with Gasteiger partial charge in [-0.3, -0.25) is 9.69 Å². The molecule has 0 saturated carbocycles. The first kappa shape index (κ1) is 12.1. The monoisotopic (exact) mass is 187 g/mol. The third-order valence-electron chi connectivity index (χ3n) is 1.55. The molecule has 76 valence electrons. The van der Waals surface area contributed by atoms with E-state index in [1.807, 2.05) is 4.90 Å². The molecule has 0 saturated heterocycles. The molecule has 0 aromatic rings. The standard InChI is InChI=1S/C9H17NO3/c1-3-5-10(7-8(2)11)6-4-9(12)13/h3,8,11H,1,4-7H2,2H3,(H,12,13). The number of carboxylic acid groups (broad SMARTS) is 1. The summed E-state index contributed by atoms with van der Waals surface area (Å²) < 4.78 is 0. The van der Waals surface area contributed by atoms with Gasteiger partial charge in [-0.25, -0.2) is 0 Å². The number of nitrogens with zero attached hydrogens (tertiary/aromatic N) is 1. The van der Waals surface area contributed by atoms with Gasteiger partial charge < -0.3 is 10.2 Å². The predicted molar refractivity (Wildman–Crippen MR) is 50.6 cm³/mol. The van der Waals surface area contributed by atoms with E-state index in [9.17, 15) is 4.79 Å². The first-order valence-electron chi connectivity index (χ1n) is 4.29. The van der Waals surface area contributed by atoms with Crippen LogP contribution in [0.4, 0.5) is 0 Å². The number of aliphatic carboxylic acids is 1. The highest BCUT2D eigenvalue weighted by Crippen LogP contribution is 1.95. The van der Waals surface area contributed by atoms with Crippen LogP contribution in [0, 0.1) is 0 Å². The van der Waals surface area contributed by atoms with E-state index in [4.69, 9.17) is 10.2 Å². The fourth-order valence-electron chi connectivity index (χ4n) is 1.07. The van der Waals surface area contributed by atoms with Crippen molar-refractivity contribution >= 4 is 5.97 Å². The van der Waals surface area contributed by atoms with E-state index in [0.29, 0.717) is 19.6 Å². The van der Waals surface area contributed by atoms with Gasteiger partial charge in [-0.1, -0.05) is 6.08 Å². The van der Waals surface area contributed by atoms with E-state index in [-0.39, 0.29) is 6.42 Å². The maximum absolute atomic E-state index is 10.3. The molecular formula is C9H17NO3. The van der Waals surface area contributed by atoms with E-state index >= 15 is 0 Å². The van der Waals surface area contributed by atoms with E-state index in [1.54, 1.807) is 13.0 Å². The maximum atomic E-state index is 10.3. The molecule has 0 aliphatic rings. The van der Waals surface area contributed by atoms with Crippen LogP contribution < -0.4 is 0 Å². The molecule has 1 unspecified atom stereocenters. The van der Waals surface area contributed by atoms with E-state index < -0.39 is 12.1 Å². The zero-order valence-corrected chi connectivity index (χ0v) is 7.94. The van der Waals surface area contributed by atoms with Gasteiger partial charge in [-0.2, -0.15) is 0 Å². The average molecular weight is 187 g/mol. The molecule has 4 nitrogen and oxygen atoms in total. The Morgan fingerprint density at radius 3 is 2.69 bits per heavy atom. The Labute approximate surface area is 78.5 Å². The van der Waals surface area contributed by atoms with Crippen LogP contribution in [-0.4, -0.2) is 46.8 Å². The second kappa shape index (κ2) is 6.62. The highest BCUT2D eigenvalue weighted by atomic mass is 16.4. The van der Waals surface area contributed by atoms with Crippen LogP contribution in [0.1, 0.15) is 13.3 Å². The van der Waals surface area contributed by atoms with Gasteiger partial charge in [0, 0.05) is 19.6 Å². The third kappa shape index (κ3) is 7.49. The molecule has 0 aliphatic carbocycles. The first-order valence-corrected chi connectivity index (χ1v) is 4.29. The highest BCUT2D eigenvalue weighted by molar-refractivity contribution is 5.66. The van der Waals surface area contributed by atoms with Gasteiger partial charge in [0.1, 0.15) is 0 Å². The summed E-state index contributed by atoms with van der Waals surface area (Å²) in [6, 6.07) is 0. The minimum Gasteiger partial charge on any atom is -0.481 e. The summed E-state index contributed by atoms with van der Waals surface area (Å²) >= 11 is 0. The summed E-state index contributed by atoms with van der Waals surface area (Å²) in [6.07, 6.45) is 1.36. The second-order valence-corrected chi connectivity index (χ2v) is 3.04. The number of carbonyl (C=O) groups is 1. The summed E-state index contributed by atoms with van der Waals surface area (Å²) in [6.45, 7) is 6.79. The summed E-state index contributed by atoms with van der Waals surface area (Å²) in [7, 11) is 0. The van der Waals surface area contributed by atoms with Gasteiger partial charge in [0.2, 0.25) is 0 Å². The van der Waals surface area contributed by atoms with Crippen molar-refractivity contribution in [2.45, 2.75) is 19.4 Å². The molecule has 13 heavy (non-hydrogen) atoms. The minimum absolute atomic E-state index is 0.0978. The predicted octanol–water partition coefficient (Wildman–Crippen LogP) is 0.330. The lowest BCUT2D eigenvalue weighted by molar-refractivity contribution is -0.137. The van der Waals surface area contributed by atoms with Crippen molar-refractivity contribution < 1.29 is 15.0 Å². The van der Waals surface area contributed by atoms with Crippen LogP contribution >= 0.6 is 0 Å². The number of hydrogen-bond donors (Lipinski definition) is 2. The zero-order valence-electron chi connectivity index (χ0n) is 7.94. The molecule has 0 aromatic carbocycles. The number of aliphatic hydroxyl groups excluding tert-OH is 1. The lowest BCUT2D eigenvalue weighted by Gasteiger charge is -2.20. The molecule has 0 radical (unpaired) electrons. The summed E-state index contributed by atoms with van der Waals surface area (Å²) in [5, 5.41) is 17.5. The Morgan fingerprint density at radius 2 is 2.31 bits per heavy atom. The van der Waals surface area contributed by atoms with E-state index in [2.05, 4.69) is 6.58 Å². The van der Waals surface area contributed by atoms with Crippen molar-refractivity contribution in [3.8, 4) is 0 Å². The molecule has 0 rings (SSSR count). The zero-order chi connectivity index (χ0) is 10.3. The van der Waals surface area contributed by atoms with E-state index in [1.165, 1.54) is 0 Å². The minimum atomic E-state index is -0.820. The summed E-state index contributed by atoms with van der Waals surface area (Å²) in [5.74, 6) is -0.820. The number of rotatable bonds is 7. The van der Waals surface area contributed by atoms with Crippen molar-refractivity contribution in [1.82, 2.24) is 4.90 Å². The van der Waals surface area contributed by atoms with Gasteiger partial charge in [0.25, 0.3) is 0 Å². The van der Waals surface area contributed by atoms with Crippen LogP contribution in [0.2, 0.25) is 0 Å². The van der Waals surface area contributed by atoms with Crippen molar-refractivity contribution in [1.29, 1.82) is 0 Å². The topological polar surface area (TPSA) is 60.8 Å². The molecule has 0 fully saturated rings. The molecule has 1 atom stereocenters. The highest BCUT2D eigenvalue weighted by Gasteiger charge is 2.08. The Hall–Kier alpha value is -0.870. The first-order chi connectivity index (χ1) is 6.06. The third-order valence-corrected chi connectivity index (χ3v) is 1.55. The van der Waals surface area contributed by atoms with Crippen LogP contribution in [0.5, 0.6) is 0 Å². The molecule has 4 heteroatoms. The van der Waals surface area contributed by atoms with Crippen molar-refractivity contribution in [2.24, 2.45) is 0 Å². The second-order valence-electron chi connectivity index (χ2n) is 3.04. The quantitative estimate of drug-likeness (QED) is 0.564. The number of aliphatic hydroxyl groups is 1. The largest absolute Gasteiger partial charge is 0.481 e. The van der Waals surface area contributed by atoms with Crippen molar-refractivity contribution in [3.63, 3.8) is 0 Å². The SMILES string of the molecule is C=CCN(CCC(=O)O)CC(C)O. The summed E-state index contributed by atoms with van der Waals surface area (Å²) in [4.78, 5) is 12.1. The van der Waals surface area contributed by atoms with Gasteiger partial charge in [-0.15, -0.1) is 6.58 Å². The molecular weight excluding hydrogens is 170 g/mol.